The number of hydrogen-bond acceptors (Lipinski definition) is 6. The third-order valence-corrected chi connectivity index (χ3v) is 3.65. The van der Waals surface area contributed by atoms with Crippen molar-refractivity contribution < 1.29 is 28.7 Å². The molecule has 0 radical (unpaired) electrons. The predicted octanol–water partition coefficient (Wildman–Crippen LogP) is 1.32. The van der Waals surface area contributed by atoms with Crippen molar-refractivity contribution in [2.24, 2.45) is 0 Å². The van der Waals surface area contributed by atoms with E-state index in [2.05, 4.69) is 16.0 Å². The van der Waals surface area contributed by atoms with Crippen LogP contribution in [0.3, 0.4) is 0 Å². The van der Waals surface area contributed by atoms with E-state index in [4.69, 9.17) is 9.47 Å². The topological polar surface area (TPSA) is 123 Å². The minimum atomic E-state index is -0.638. The lowest BCUT2D eigenvalue weighted by atomic mass is 10.0. The maximum atomic E-state index is 12.2. The third-order valence-electron chi connectivity index (χ3n) is 3.65. The Morgan fingerprint density at radius 3 is 2.37 bits per heavy atom. The summed E-state index contributed by atoms with van der Waals surface area (Å²) < 4.78 is 10.2. The van der Waals surface area contributed by atoms with Crippen LogP contribution < -0.4 is 16.0 Å². The maximum absolute atomic E-state index is 12.2. The zero-order valence-corrected chi connectivity index (χ0v) is 15.3. The van der Waals surface area contributed by atoms with Gasteiger partial charge in [-0.25, -0.2) is 14.4 Å². The molecule has 1 heterocycles. The highest BCUT2D eigenvalue weighted by Gasteiger charge is 2.30. The summed E-state index contributed by atoms with van der Waals surface area (Å²) >= 11 is 0. The zero-order chi connectivity index (χ0) is 20.0. The van der Waals surface area contributed by atoms with Crippen LogP contribution in [-0.2, 0) is 19.1 Å². The quantitative estimate of drug-likeness (QED) is 0.645. The highest BCUT2D eigenvalue weighted by Crippen LogP contribution is 2.16. The van der Waals surface area contributed by atoms with Crippen LogP contribution in [0.25, 0.3) is 0 Å². The lowest BCUT2D eigenvalue weighted by molar-refractivity contribution is -0.139. The SMILES string of the molecule is CCOC(=O)C1=C(COC(=O)c2ccc(NC(C)=O)cc2)NC(=O)NC1C. The Balaban J connectivity index is 2.10. The standard InChI is InChI=1S/C18H21N3O6/c1-4-26-17(24)15-10(2)19-18(25)21-14(15)9-27-16(23)12-5-7-13(8-6-12)20-11(3)22/h5-8,10H,4,9H2,1-3H3,(H,20,22)(H2,19,21,25). The van der Waals surface area contributed by atoms with E-state index in [9.17, 15) is 19.2 Å². The monoisotopic (exact) mass is 375 g/mol. The van der Waals surface area contributed by atoms with Gasteiger partial charge in [-0.2, -0.15) is 0 Å². The fourth-order valence-corrected chi connectivity index (χ4v) is 2.51. The van der Waals surface area contributed by atoms with Crippen molar-refractivity contribution in [3.63, 3.8) is 0 Å². The number of carbonyl (C=O) groups excluding carboxylic acids is 4. The molecule has 0 saturated heterocycles. The predicted molar refractivity (Wildman–Crippen MR) is 95.8 cm³/mol. The first kappa shape index (κ1) is 20.0. The lowest BCUT2D eigenvalue weighted by Crippen LogP contribution is -2.50. The molecule has 3 N–H and O–H groups in total. The number of rotatable bonds is 6. The number of anilines is 1. The van der Waals surface area contributed by atoms with E-state index in [1.165, 1.54) is 19.1 Å². The Morgan fingerprint density at radius 2 is 1.78 bits per heavy atom. The van der Waals surface area contributed by atoms with Gasteiger partial charge in [0.2, 0.25) is 5.91 Å². The largest absolute Gasteiger partial charge is 0.463 e. The van der Waals surface area contributed by atoms with E-state index in [-0.39, 0.29) is 36.0 Å². The minimum absolute atomic E-state index is 0.174. The van der Waals surface area contributed by atoms with E-state index in [0.29, 0.717) is 5.69 Å². The Hall–Kier alpha value is -3.36. The molecule has 1 aliphatic heterocycles. The Morgan fingerprint density at radius 1 is 1.11 bits per heavy atom. The number of urea groups is 1. The molecule has 0 saturated carbocycles. The number of benzene rings is 1. The second-order valence-electron chi connectivity index (χ2n) is 5.77. The third kappa shape index (κ3) is 5.30. The van der Waals surface area contributed by atoms with Gasteiger partial charge in [-0.3, -0.25) is 4.79 Å². The fourth-order valence-electron chi connectivity index (χ4n) is 2.51. The number of ether oxygens (including phenoxy) is 2. The molecular formula is C18H21N3O6. The van der Waals surface area contributed by atoms with Crippen molar-refractivity contribution in [2.45, 2.75) is 26.8 Å². The van der Waals surface area contributed by atoms with Crippen LogP contribution in [0.15, 0.2) is 35.5 Å². The Kier molecular flexibility index (Phi) is 6.53. The van der Waals surface area contributed by atoms with Crippen molar-refractivity contribution in [2.75, 3.05) is 18.5 Å². The van der Waals surface area contributed by atoms with E-state index >= 15 is 0 Å². The van der Waals surface area contributed by atoms with Crippen LogP contribution in [0.5, 0.6) is 0 Å². The zero-order valence-electron chi connectivity index (χ0n) is 15.3. The van der Waals surface area contributed by atoms with E-state index in [1.54, 1.807) is 26.0 Å². The molecule has 1 unspecified atom stereocenters. The van der Waals surface area contributed by atoms with Gasteiger partial charge in [-0.05, 0) is 38.1 Å². The normalized spacial score (nSPS) is 16.1. The molecule has 9 nitrogen and oxygen atoms in total. The van der Waals surface area contributed by atoms with Gasteiger partial charge in [0.05, 0.1) is 29.5 Å². The van der Waals surface area contributed by atoms with Gasteiger partial charge in [-0.1, -0.05) is 0 Å². The average Bonchev–Trinajstić information content (AvgIpc) is 2.59. The molecule has 2 rings (SSSR count). The van der Waals surface area contributed by atoms with Crippen molar-refractivity contribution in [3.8, 4) is 0 Å². The summed E-state index contributed by atoms with van der Waals surface area (Å²) in [5, 5.41) is 7.62. The van der Waals surface area contributed by atoms with Gasteiger partial charge in [-0.15, -0.1) is 0 Å². The van der Waals surface area contributed by atoms with Gasteiger partial charge in [0.25, 0.3) is 0 Å². The number of amides is 3. The number of hydrogen-bond donors (Lipinski definition) is 3. The number of carbonyl (C=O) groups is 4. The maximum Gasteiger partial charge on any atom is 0.338 e. The van der Waals surface area contributed by atoms with Crippen molar-refractivity contribution in [3.05, 3.63) is 41.1 Å². The van der Waals surface area contributed by atoms with Crippen molar-refractivity contribution in [1.82, 2.24) is 10.6 Å². The number of esters is 2. The highest BCUT2D eigenvalue weighted by atomic mass is 16.5. The average molecular weight is 375 g/mol. The van der Waals surface area contributed by atoms with E-state index in [0.717, 1.165) is 0 Å². The summed E-state index contributed by atoms with van der Waals surface area (Å²) in [7, 11) is 0. The second kappa shape index (κ2) is 8.84. The fraction of sp³-hybridized carbons (Fsp3) is 0.333. The second-order valence-corrected chi connectivity index (χ2v) is 5.77. The first-order chi connectivity index (χ1) is 12.8. The Bertz CT molecular complexity index is 785. The smallest absolute Gasteiger partial charge is 0.338 e. The number of nitrogens with one attached hydrogen (secondary N) is 3. The van der Waals surface area contributed by atoms with Gasteiger partial charge in [0.15, 0.2) is 0 Å². The molecular weight excluding hydrogens is 354 g/mol. The molecule has 27 heavy (non-hydrogen) atoms. The molecule has 1 aromatic rings. The molecule has 9 heteroatoms. The molecule has 0 spiro atoms. The van der Waals surface area contributed by atoms with Crippen LogP contribution >= 0.6 is 0 Å². The lowest BCUT2D eigenvalue weighted by Gasteiger charge is -2.26. The first-order valence-corrected chi connectivity index (χ1v) is 8.34. The van der Waals surface area contributed by atoms with Gasteiger partial charge in [0.1, 0.15) is 6.61 Å². The van der Waals surface area contributed by atoms with Crippen molar-refractivity contribution in [1.29, 1.82) is 0 Å². The molecule has 0 aliphatic carbocycles. The summed E-state index contributed by atoms with van der Waals surface area (Å²) in [5.74, 6) is -1.46. The van der Waals surface area contributed by atoms with Crippen LogP contribution in [-0.4, -0.2) is 43.1 Å². The molecule has 3 amide bonds. The van der Waals surface area contributed by atoms with Crippen LogP contribution in [0, 0.1) is 0 Å². The van der Waals surface area contributed by atoms with Crippen molar-refractivity contribution >= 4 is 29.6 Å². The van der Waals surface area contributed by atoms with Crippen LogP contribution in [0.2, 0.25) is 0 Å². The molecule has 144 valence electrons. The molecule has 1 aliphatic rings. The molecule has 0 bridgehead atoms. The van der Waals surface area contributed by atoms with E-state index in [1.807, 2.05) is 0 Å². The van der Waals surface area contributed by atoms with Crippen LogP contribution in [0.4, 0.5) is 10.5 Å². The molecule has 0 fully saturated rings. The molecule has 1 atom stereocenters. The van der Waals surface area contributed by atoms with E-state index < -0.39 is 24.0 Å². The molecule has 1 aromatic carbocycles. The summed E-state index contributed by atoms with van der Waals surface area (Å²) in [4.78, 5) is 47.0. The van der Waals surface area contributed by atoms with Gasteiger partial charge >= 0.3 is 18.0 Å². The summed E-state index contributed by atoms with van der Waals surface area (Å²) in [6.45, 7) is 4.57. The Labute approximate surface area is 156 Å². The van der Waals surface area contributed by atoms with Crippen LogP contribution in [0.1, 0.15) is 31.1 Å². The summed E-state index contributed by atoms with van der Waals surface area (Å²) in [6, 6.07) is 5.05. The minimum Gasteiger partial charge on any atom is -0.463 e. The molecule has 0 aromatic heterocycles. The summed E-state index contributed by atoms with van der Waals surface area (Å²) in [5.41, 5.74) is 1.18. The van der Waals surface area contributed by atoms with Gasteiger partial charge < -0.3 is 25.4 Å². The highest BCUT2D eigenvalue weighted by molar-refractivity contribution is 5.95. The first-order valence-electron chi connectivity index (χ1n) is 8.34. The van der Waals surface area contributed by atoms with Gasteiger partial charge in [0, 0.05) is 12.6 Å². The summed E-state index contributed by atoms with van der Waals surface area (Å²) in [6.07, 6.45) is 0.